The molecule has 4 rings (SSSR count). The van der Waals surface area contributed by atoms with Gasteiger partial charge in [-0.15, -0.1) is 11.3 Å². The van der Waals surface area contributed by atoms with Gasteiger partial charge in [0.05, 0.1) is 17.5 Å². The Bertz CT molecular complexity index is 1360. The Balaban J connectivity index is 1.39. The predicted molar refractivity (Wildman–Crippen MR) is 122 cm³/mol. The van der Waals surface area contributed by atoms with Gasteiger partial charge in [0.25, 0.3) is 5.56 Å². The summed E-state index contributed by atoms with van der Waals surface area (Å²) in [4.78, 5) is 41.4. The molecule has 32 heavy (non-hydrogen) atoms. The fraction of sp³-hybridized carbons (Fsp3) is 0.174. The molecule has 162 valence electrons. The van der Waals surface area contributed by atoms with Crippen molar-refractivity contribution in [3.63, 3.8) is 0 Å². The molecule has 2 aromatic carbocycles. The lowest BCUT2D eigenvalue weighted by Crippen LogP contribution is -2.23. The van der Waals surface area contributed by atoms with Gasteiger partial charge in [-0.1, -0.05) is 35.9 Å². The molecule has 0 unspecified atom stereocenters. The van der Waals surface area contributed by atoms with Gasteiger partial charge < -0.3 is 10.1 Å². The molecule has 9 heteroatoms. The van der Waals surface area contributed by atoms with Crippen LogP contribution in [0.1, 0.15) is 26.8 Å². The first kappa shape index (κ1) is 21.4. The van der Waals surface area contributed by atoms with Crippen molar-refractivity contribution in [2.45, 2.75) is 20.0 Å². The number of thiazole rings is 1. The van der Waals surface area contributed by atoms with Crippen LogP contribution in [0.2, 0.25) is 0 Å². The van der Waals surface area contributed by atoms with Crippen LogP contribution in [0.25, 0.3) is 10.8 Å². The molecule has 0 aliphatic carbocycles. The second-order valence-corrected chi connectivity index (χ2v) is 8.17. The number of amides is 1. The molecule has 2 heterocycles. The van der Waals surface area contributed by atoms with E-state index < -0.39 is 5.97 Å². The zero-order valence-corrected chi connectivity index (χ0v) is 18.3. The number of anilines is 1. The number of benzene rings is 2. The Morgan fingerprint density at radius 1 is 1.09 bits per heavy atom. The van der Waals surface area contributed by atoms with E-state index in [1.165, 1.54) is 18.4 Å². The number of aryl methyl sites for hydroxylation is 2. The lowest BCUT2D eigenvalue weighted by molar-refractivity contribution is -0.115. The minimum Gasteiger partial charge on any atom is -0.454 e. The molecular weight excluding hydrogens is 428 g/mol. The van der Waals surface area contributed by atoms with Crippen LogP contribution < -0.4 is 10.9 Å². The van der Waals surface area contributed by atoms with Gasteiger partial charge in [-0.3, -0.25) is 9.59 Å². The van der Waals surface area contributed by atoms with Gasteiger partial charge in [0, 0.05) is 23.5 Å². The molecule has 1 amide bonds. The molecule has 0 saturated heterocycles. The van der Waals surface area contributed by atoms with Crippen LogP contribution in [0, 0.1) is 6.92 Å². The maximum atomic E-state index is 12.6. The molecule has 0 aliphatic heterocycles. The molecule has 0 radical (unpaired) electrons. The highest BCUT2D eigenvalue weighted by molar-refractivity contribution is 7.09. The summed E-state index contributed by atoms with van der Waals surface area (Å²) < 4.78 is 6.49. The first-order chi connectivity index (χ1) is 15.4. The van der Waals surface area contributed by atoms with Gasteiger partial charge in [-0.05, 0) is 25.1 Å². The standard InChI is InChI=1S/C23H20N4O4S/c1-14-7-9-15(10-8-14)24-19(28)11-20-25-16(13-32-20)12-31-23(30)21-17-5-3-4-6-18(17)22(29)27(2)26-21/h3-10,13H,11-12H2,1-2H3,(H,24,28). The highest BCUT2D eigenvalue weighted by Gasteiger charge is 2.18. The Morgan fingerprint density at radius 3 is 2.56 bits per heavy atom. The number of rotatable bonds is 6. The summed E-state index contributed by atoms with van der Waals surface area (Å²) in [5.74, 6) is -0.823. The summed E-state index contributed by atoms with van der Waals surface area (Å²) in [5, 5.41) is 10.1. The SMILES string of the molecule is Cc1ccc(NC(=O)Cc2nc(COC(=O)c3nn(C)c(=O)c4ccccc34)cs2)cc1. The molecule has 0 saturated carbocycles. The van der Waals surface area contributed by atoms with Gasteiger partial charge in [0.2, 0.25) is 5.91 Å². The van der Waals surface area contributed by atoms with Crippen LogP contribution in [-0.2, 0) is 29.6 Å². The number of aromatic nitrogens is 3. The van der Waals surface area contributed by atoms with E-state index in [-0.39, 0.29) is 30.2 Å². The highest BCUT2D eigenvalue weighted by Crippen LogP contribution is 2.17. The second-order valence-electron chi connectivity index (χ2n) is 7.22. The molecule has 0 fully saturated rings. The van der Waals surface area contributed by atoms with E-state index in [1.807, 2.05) is 31.2 Å². The van der Waals surface area contributed by atoms with Gasteiger partial charge in [-0.2, -0.15) is 5.10 Å². The van der Waals surface area contributed by atoms with Crippen LogP contribution in [-0.4, -0.2) is 26.6 Å². The number of nitrogens with zero attached hydrogens (tertiary/aromatic N) is 3. The lowest BCUT2D eigenvalue weighted by atomic mass is 10.1. The molecule has 8 nitrogen and oxygen atoms in total. The summed E-state index contributed by atoms with van der Waals surface area (Å²) in [6.45, 7) is 1.92. The second kappa shape index (κ2) is 9.11. The molecule has 0 aliphatic rings. The summed E-state index contributed by atoms with van der Waals surface area (Å²) in [6.07, 6.45) is 0.124. The largest absolute Gasteiger partial charge is 0.454 e. The normalized spacial score (nSPS) is 10.8. The van der Waals surface area contributed by atoms with E-state index >= 15 is 0 Å². The summed E-state index contributed by atoms with van der Waals surface area (Å²) >= 11 is 1.32. The Morgan fingerprint density at radius 2 is 1.81 bits per heavy atom. The highest BCUT2D eigenvalue weighted by atomic mass is 32.1. The topological polar surface area (TPSA) is 103 Å². The van der Waals surface area contributed by atoms with E-state index in [1.54, 1.807) is 29.6 Å². The Labute approximate surface area is 187 Å². The fourth-order valence-corrected chi connectivity index (χ4v) is 3.91. The van der Waals surface area contributed by atoms with Crippen molar-refractivity contribution in [2.75, 3.05) is 5.32 Å². The summed E-state index contributed by atoms with van der Waals surface area (Å²) in [6, 6.07) is 14.3. The molecule has 0 spiro atoms. The minimum absolute atomic E-state index is 0.0617. The molecule has 2 aromatic heterocycles. The average Bonchev–Trinajstić information content (AvgIpc) is 3.23. The number of hydrogen-bond acceptors (Lipinski definition) is 7. The Kier molecular flexibility index (Phi) is 6.09. The summed E-state index contributed by atoms with van der Waals surface area (Å²) in [7, 11) is 1.49. The number of ether oxygens (including phenoxy) is 1. The van der Waals surface area contributed by atoms with Gasteiger partial charge in [0.15, 0.2) is 5.69 Å². The van der Waals surface area contributed by atoms with Crippen molar-refractivity contribution in [1.29, 1.82) is 0 Å². The molecular formula is C23H20N4O4S. The van der Waals surface area contributed by atoms with Crippen LogP contribution in [0.15, 0.2) is 58.7 Å². The van der Waals surface area contributed by atoms with E-state index in [2.05, 4.69) is 15.4 Å². The number of esters is 1. The van der Waals surface area contributed by atoms with Crippen LogP contribution in [0.5, 0.6) is 0 Å². The van der Waals surface area contributed by atoms with Crippen molar-refractivity contribution in [3.8, 4) is 0 Å². The minimum atomic E-state index is -0.650. The van der Waals surface area contributed by atoms with E-state index in [0.29, 0.717) is 21.5 Å². The zero-order valence-electron chi connectivity index (χ0n) is 17.5. The first-order valence-corrected chi connectivity index (χ1v) is 10.7. The number of nitrogens with one attached hydrogen (secondary N) is 1. The molecule has 1 N–H and O–H groups in total. The number of carbonyl (C=O) groups excluding carboxylic acids is 2. The third kappa shape index (κ3) is 4.73. The number of fused-ring (bicyclic) bond motifs is 1. The van der Waals surface area contributed by atoms with Crippen molar-refractivity contribution in [3.05, 3.63) is 86.2 Å². The van der Waals surface area contributed by atoms with Crippen molar-refractivity contribution >= 4 is 39.7 Å². The van der Waals surface area contributed by atoms with E-state index in [0.717, 1.165) is 15.9 Å². The average molecular weight is 449 g/mol. The third-order valence-corrected chi connectivity index (χ3v) is 5.65. The number of carbonyl (C=O) groups is 2. The van der Waals surface area contributed by atoms with Gasteiger partial charge >= 0.3 is 5.97 Å². The number of hydrogen-bond donors (Lipinski definition) is 1. The predicted octanol–water partition coefficient (Wildman–Crippen LogP) is 3.24. The Hall–Kier alpha value is -3.85. The van der Waals surface area contributed by atoms with E-state index in [4.69, 9.17) is 4.74 Å². The summed E-state index contributed by atoms with van der Waals surface area (Å²) in [5.41, 5.74) is 2.16. The maximum Gasteiger partial charge on any atom is 0.359 e. The van der Waals surface area contributed by atoms with Crippen LogP contribution in [0.3, 0.4) is 0 Å². The monoisotopic (exact) mass is 448 g/mol. The quantitative estimate of drug-likeness (QED) is 0.454. The maximum absolute atomic E-state index is 12.6. The van der Waals surface area contributed by atoms with Gasteiger partial charge in [0.1, 0.15) is 11.6 Å². The van der Waals surface area contributed by atoms with Crippen molar-refractivity contribution < 1.29 is 14.3 Å². The molecule has 4 aromatic rings. The fourth-order valence-electron chi connectivity index (χ4n) is 3.13. The van der Waals surface area contributed by atoms with E-state index in [9.17, 15) is 14.4 Å². The molecule has 0 atom stereocenters. The molecule has 0 bridgehead atoms. The third-order valence-electron chi connectivity index (χ3n) is 4.75. The zero-order chi connectivity index (χ0) is 22.7. The lowest BCUT2D eigenvalue weighted by Gasteiger charge is -2.07. The van der Waals surface area contributed by atoms with Crippen LogP contribution in [0.4, 0.5) is 5.69 Å². The van der Waals surface area contributed by atoms with Crippen molar-refractivity contribution in [2.24, 2.45) is 7.05 Å². The smallest absolute Gasteiger partial charge is 0.359 e. The first-order valence-electron chi connectivity index (χ1n) is 9.83. The van der Waals surface area contributed by atoms with Gasteiger partial charge in [-0.25, -0.2) is 14.5 Å². The van der Waals surface area contributed by atoms with Crippen molar-refractivity contribution in [1.82, 2.24) is 14.8 Å². The van der Waals surface area contributed by atoms with Crippen LogP contribution >= 0.6 is 11.3 Å².